The third-order valence-electron chi connectivity index (χ3n) is 10.4. The number of amides is 1. The number of rotatable bonds is 5. The van der Waals surface area contributed by atoms with Gasteiger partial charge in [-0.25, -0.2) is 18.6 Å². The fraction of sp³-hybridized carbons (Fsp3) is 0.474. The van der Waals surface area contributed by atoms with Gasteiger partial charge in [-0.2, -0.15) is 9.97 Å². The molecule has 6 heterocycles. The first-order valence-corrected chi connectivity index (χ1v) is 17.5. The number of pyridine rings is 1. The maximum absolute atomic E-state index is 16.9. The zero-order valence-corrected chi connectivity index (χ0v) is 28.6. The molecule has 262 valence electrons. The molecule has 50 heavy (non-hydrogen) atoms. The van der Waals surface area contributed by atoms with Crippen LogP contribution >= 0.6 is 0 Å². The Morgan fingerprint density at radius 2 is 1.92 bits per heavy atom. The van der Waals surface area contributed by atoms with Crippen LogP contribution < -0.4 is 15.0 Å². The predicted molar refractivity (Wildman–Crippen MR) is 187 cm³/mol. The summed E-state index contributed by atoms with van der Waals surface area (Å²) in [7, 11) is 1.34. The summed E-state index contributed by atoms with van der Waals surface area (Å²) in [5.74, 6) is 2.02. The molecule has 4 aromatic rings. The van der Waals surface area contributed by atoms with Crippen LogP contribution in [0.25, 0.3) is 32.9 Å². The number of hydrogen-bond donors (Lipinski definition) is 1. The zero-order chi connectivity index (χ0) is 34.8. The van der Waals surface area contributed by atoms with Crippen molar-refractivity contribution in [3.05, 3.63) is 53.2 Å². The Hall–Kier alpha value is -4.60. The number of carbonyl (C=O) groups excluding carboxylic acids is 1. The minimum Gasteiger partial charge on any atom is -0.461 e. The van der Waals surface area contributed by atoms with E-state index >= 15 is 4.39 Å². The summed E-state index contributed by atoms with van der Waals surface area (Å²) in [6.07, 6.45) is 12.1. The van der Waals surface area contributed by atoms with Gasteiger partial charge >= 0.3 is 12.1 Å². The Bertz CT molecular complexity index is 1960. The van der Waals surface area contributed by atoms with Gasteiger partial charge in [0.05, 0.1) is 41.9 Å². The summed E-state index contributed by atoms with van der Waals surface area (Å²) in [5, 5.41) is 4.23. The second-order valence-corrected chi connectivity index (χ2v) is 13.3. The van der Waals surface area contributed by atoms with E-state index in [1.807, 2.05) is 19.1 Å². The fourth-order valence-electron chi connectivity index (χ4n) is 8.06. The van der Waals surface area contributed by atoms with Crippen LogP contribution in [-0.4, -0.2) is 90.6 Å². The molecular formula is C38H42F2N6O4. The van der Waals surface area contributed by atoms with Crippen LogP contribution in [0.5, 0.6) is 6.01 Å². The minimum atomic E-state index is -0.585. The van der Waals surface area contributed by atoms with Gasteiger partial charge in [-0.1, -0.05) is 30.2 Å². The summed E-state index contributed by atoms with van der Waals surface area (Å²) in [5.41, 5.74) is 1.53. The number of benzene rings is 2. The van der Waals surface area contributed by atoms with Gasteiger partial charge in [-0.05, 0) is 76.4 Å². The molecule has 0 aliphatic carbocycles. The van der Waals surface area contributed by atoms with Crippen molar-refractivity contribution in [1.29, 1.82) is 0 Å². The Kier molecular flexibility index (Phi) is 9.71. The molecule has 0 saturated carbocycles. The number of fused-ring (bicyclic) bond motifs is 4. The standard InChI is InChI=1S/C34H33F2N5O2.C4H9NO2/c1-2-23-25(35)11-9-21-7-3-8-24(27(21)23)30-29(36)31-28-26(37-30)12-10-22-19-42-18-6-17-41(22)32(28)39-33(38-31)43-20-34-13-4-15-40(34)16-5-14-34;1-3-5-4(6)7-2/h1,3,7-9,11,22H,4-6,10,12-20H2;3H2,1-2H3,(H,5,6). The number of aromatic nitrogens is 3. The second kappa shape index (κ2) is 14.3. The molecule has 1 atom stereocenters. The van der Waals surface area contributed by atoms with E-state index in [2.05, 4.69) is 25.8 Å². The van der Waals surface area contributed by atoms with Gasteiger partial charge in [-0.3, -0.25) is 4.90 Å². The van der Waals surface area contributed by atoms with E-state index in [4.69, 9.17) is 30.8 Å². The maximum atomic E-state index is 16.9. The lowest BCUT2D eigenvalue weighted by Crippen LogP contribution is -2.43. The first kappa shape index (κ1) is 33.9. The van der Waals surface area contributed by atoms with Crippen molar-refractivity contribution in [3.8, 4) is 29.6 Å². The fourth-order valence-corrected chi connectivity index (χ4v) is 8.06. The number of ether oxygens (including phenoxy) is 3. The number of halogens is 2. The van der Waals surface area contributed by atoms with Gasteiger partial charge in [0.25, 0.3) is 0 Å². The molecule has 2 aromatic heterocycles. The zero-order valence-electron chi connectivity index (χ0n) is 28.6. The van der Waals surface area contributed by atoms with Crippen LogP contribution in [0.2, 0.25) is 0 Å². The number of alkyl carbamates (subject to hydrolysis) is 1. The molecule has 2 aromatic carbocycles. The lowest BCUT2D eigenvalue weighted by Gasteiger charge is -2.32. The van der Waals surface area contributed by atoms with Crippen LogP contribution in [0, 0.1) is 24.0 Å². The Morgan fingerprint density at radius 3 is 2.66 bits per heavy atom. The highest BCUT2D eigenvalue weighted by atomic mass is 19.1. The van der Waals surface area contributed by atoms with Gasteiger partial charge in [0.2, 0.25) is 0 Å². The number of nitrogens with zero attached hydrogens (tertiary/aromatic N) is 5. The van der Waals surface area contributed by atoms with Gasteiger partial charge in [0, 0.05) is 30.6 Å². The number of anilines is 1. The number of hydrogen-bond acceptors (Lipinski definition) is 9. The van der Waals surface area contributed by atoms with E-state index < -0.39 is 11.6 Å². The molecule has 4 aliphatic rings. The molecular weight excluding hydrogens is 642 g/mol. The highest BCUT2D eigenvalue weighted by Gasteiger charge is 2.45. The second-order valence-electron chi connectivity index (χ2n) is 13.3. The van der Waals surface area contributed by atoms with Gasteiger partial charge < -0.3 is 24.4 Å². The number of methoxy groups -OCH3 is 1. The summed E-state index contributed by atoms with van der Waals surface area (Å²) in [6.45, 7) is 7.08. The number of terminal acetylenes is 1. The van der Waals surface area contributed by atoms with E-state index in [0.717, 1.165) is 58.2 Å². The average Bonchev–Trinajstić information content (AvgIpc) is 3.58. The topological polar surface area (TPSA) is 102 Å². The van der Waals surface area contributed by atoms with E-state index in [0.29, 0.717) is 66.0 Å². The lowest BCUT2D eigenvalue weighted by molar-refractivity contribution is 0.108. The maximum Gasteiger partial charge on any atom is 0.406 e. The molecule has 12 heteroatoms. The lowest BCUT2D eigenvalue weighted by atomic mass is 9.95. The number of aryl methyl sites for hydroxylation is 1. The van der Waals surface area contributed by atoms with Crippen molar-refractivity contribution in [2.45, 2.75) is 63.5 Å². The molecule has 1 amide bonds. The molecule has 3 saturated heterocycles. The first-order chi connectivity index (χ1) is 24.4. The smallest absolute Gasteiger partial charge is 0.406 e. The minimum absolute atomic E-state index is 0.00280. The van der Waals surface area contributed by atoms with E-state index in [1.54, 1.807) is 12.1 Å². The Morgan fingerprint density at radius 1 is 1.10 bits per heavy atom. The quantitative estimate of drug-likeness (QED) is 0.253. The van der Waals surface area contributed by atoms with Gasteiger partial charge in [0.1, 0.15) is 29.5 Å². The predicted octanol–water partition coefficient (Wildman–Crippen LogP) is 6.02. The van der Waals surface area contributed by atoms with Crippen LogP contribution in [0.15, 0.2) is 30.3 Å². The van der Waals surface area contributed by atoms with Crippen molar-refractivity contribution in [2.24, 2.45) is 0 Å². The molecule has 0 bridgehead atoms. The highest BCUT2D eigenvalue weighted by molar-refractivity contribution is 6.02. The molecule has 0 spiro atoms. The van der Waals surface area contributed by atoms with E-state index in [9.17, 15) is 9.18 Å². The third kappa shape index (κ3) is 6.18. The molecule has 10 nitrogen and oxygen atoms in total. The normalized spacial score (nSPS) is 19.4. The van der Waals surface area contributed by atoms with E-state index in [-0.39, 0.29) is 40.5 Å². The molecule has 4 aliphatic heterocycles. The van der Waals surface area contributed by atoms with Crippen molar-refractivity contribution in [2.75, 3.05) is 58.0 Å². The summed E-state index contributed by atoms with van der Waals surface area (Å²) < 4.78 is 48.4. The summed E-state index contributed by atoms with van der Waals surface area (Å²) in [6, 6.07) is 8.66. The van der Waals surface area contributed by atoms with Crippen LogP contribution in [0.4, 0.5) is 19.4 Å². The molecule has 1 N–H and O–H groups in total. The average molecular weight is 685 g/mol. The Labute approximate surface area is 290 Å². The highest BCUT2D eigenvalue weighted by Crippen LogP contribution is 2.42. The van der Waals surface area contributed by atoms with Gasteiger partial charge in [0.15, 0.2) is 5.82 Å². The van der Waals surface area contributed by atoms with Gasteiger partial charge in [-0.15, -0.1) is 6.42 Å². The summed E-state index contributed by atoms with van der Waals surface area (Å²) >= 11 is 0. The number of carbonyl (C=O) groups is 1. The monoisotopic (exact) mass is 684 g/mol. The molecule has 3 fully saturated rings. The summed E-state index contributed by atoms with van der Waals surface area (Å²) in [4.78, 5) is 29.5. The SMILES string of the molecule is C#Cc1c(F)ccc2cccc(-c3nc4c5c(nc(OCC67CCCN6CCC7)nc5c3F)N3CCCOCC3CC4)c12.CCNC(=O)OC. The third-order valence-corrected chi connectivity index (χ3v) is 10.4. The van der Waals surface area contributed by atoms with Crippen LogP contribution in [-0.2, 0) is 15.9 Å². The van der Waals surface area contributed by atoms with E-state index in [1.165, 1.54) is 13.2 Å². The largest absolute Gasteiger partial charge is 0.461 e. The van der Waals surface area contributed by atoms with Crippen molar-refractivity contribution >= 4 is 33.6 Å². The van der Waals surface area contributed by atoms with Crippen LogP contribution in [0.1, 0.15) is 56.7 Å². The molecule has 8 rings (SSSR count). The van der Waals surface area contributed by atoms with Crippen molar-refractivity contribution in [3.63, 3.8) is 0 Å². The van der Waals surface area contributed by atoms with Crippen molar-refractivity contribution < 1.29 is 27.8 Å². The van der Waals surface area contributed by atoms with Crippen LogP contribution in [0.3, 0.4) is 0 Å². The van der Waals surface area contributed by atoms with Crippen molar-refractivity contribution in [1.82, 2.24) is 25.2 Å². The first-order valence-electron chi connectivity index (χ1n) is 17.5. The molecule has 1 unspecified atom stereocenters. The Balaban J connectivity index is 0.000000510. The molecule has 0 radical (unpaired) electrons. The number of nitrogens with one attached hydrogen (secondary N) is 1.